The van der Waals surface area contributed by atoms with E-state index in [1.807, 2.05) is 6.92 Å². The second-order valence-electron chi connectivity index (χ2n) is 4.64. The Morgan fingerprint density at radius 2 is 2.29 bits per heavy atom. The molecule has 0 aliphatic carbocycles. The molecule has 5 nitrogen and oxygen atoms in total. The average molecular weight is 242 g/mol. The lowest BCUT2D eigenvalue weighted by Gasteiger charge is -2.12. The Bertz CT molecular complexity index is 262. The lowest BCUT2D eigenvalue weighted by Crippen LogP contribution is -2.32. The third-order valence-electron chi connectivity index (χ3n) is 3.33. The van der Waals surface area contributed by atoms with E-state index in [-0.39, 0.29) is 12.5 Å². The summed E-state index contributed by atoms with van der Waals surface area (Å²) in [6.45, 7) is 4.10. The predicted octanol–water partition coefficient (Wildman–Crippen LogP) is 0.603. The molecule has 0 bridgehead atoms. The van der Waals surface area contributed by atoms with Crippen molar-refractivity contribution in [1.29, 1.82) is 0 Å². The van der Waals surface area contributed by atoms with Crippen LogP contribution in [0.4, 0.5) is 0 Å². The number of aliphatic carboxylic acids is 1. The van der Waals surface area contributed by atoms with Crippen LogP contribution >= 0.6 is 0 Å². The van der Waals surface area contributed by atoms with E-state index in [0.29, 0.717) is 18.8 Å². The van der Waals surface area contributed by atoms with Crippen molar-refractivity contribution in [2.75, 3.05) is 19.6 Å². The van der Waals surface area contributed by atoms with Crippen LogP contribution in [0, 0.1) is 11.8 Å². The first-order valence-corrected chi connectivity index (χ1v) is 6.33. The van der Waals surface area contributed by atoms with Gasteiger partial charge in [0.1, 0.15) is 0 Å². The molecule has 1 saturated heterocycles. The van der Waals surface area contributed by atoms with Crippen LogP contribution in [0.5, 0.6) is 0 Å². The molecular weight excluding hydrogens is 220 g/mol. The Kier molecular flexibility index (Phi) is 5.97. The van der Waals surface area contributed by atoms with Crippen molar-refractivity contribution < 1.29 is 14.7 Å². The van der Waals surface area contributed by atoms with Gasteiger partial charge in [0.05, 0.1) is 5.92 Å². The minimum absolute atomic E-state index is 0.0309. The van der Waals surface area contributed by atoms with E-state index in [4.69, 9.17) is 5.11 Å². The molecule has 17 heavy (non-hydrogen) atoms. The van der Waals surface area contributed by atoms with Crippen LogP contribution in [0.1, 0.15) is 32.6 Å². The molecule has 1 amide bonds. The highest BCUT2D eigenvalue weighted by Crippen LogP contribution is 2.14. The van der Waals surface area contributed by atoms with Crippen LogP contribution in [-0.4, -0.2) is 36.6 Å². The standard InChI is InChI=1S/C12H22N2O3/c1-2-10(12(16)17)8-14-11(15)4-3-9-5-6-13-7-9/h9-10,13H,2-8H2,1H3,(H,14,15)(H,16,17). The minimum Gasteiger partial charge on any atom is -0.481 e. The zero-order valence-electron chi connectivity index (χ0n) is 10.4. The molecule has 0 saturated carbocycles. The topological polar surface area (TPSA) is 78.4 Å². The Hall–Kier alpha value is -1.10. The molecule has 1 heterocycles. The van der Waals surface area contributed by atoms with Gasteiger partial charge in [-0.2, -0.15) is 0 Å². The largest absolute Gasteiger partial charge is 0.481 e. The number of amides is 1. The monoisotopic (exact) mass is 242 g/mol. The number of carbonyl (C=O) groups is 2. The second-order valence-corrected chi connectivity index (χ2v) is 4.64. The zero-order chi connectivity index (χ0) is 12.7. The van der Waals surface area contributed by atoms with Crippen molar-refractivity contribution in [1.82, 2.24) is 10.6 Å². The third-order valence-corrected chi connectivity index (χ3v) is 3.33. The van der Waals surface area contributed by atoms with Crippen LogP contribution in [0.3, 0.4) is 0 Å². The van der Waals surface area contributed by atoms with Crippen LogP contribution < -0.4 is 10.6 Å². The molecule has 0 aromatic rings. The molecule has 1 aliphatic rings. The maximum absolute atomic E-state index is 11.5. The highest BCUT2D eigenvalue weighted by Gasteiger charge is 2.18. The average Bonchev–Trinajstić information content (AvgIpc) is 2.79. The second kappa shape index (κ2) is 7.27. The Morgan fingerprint density at radius 1 is 1.53 bits per heavy atom. The molecule has 0 spiro atoms. The van der Waals surface area contributed by atoms with Crippen LogP contribution in [0.25, 0.3) is 0 Å². The fraction of sp³-hybridized carbons (Fsp3) is 0.833. The van der Waals surface area contributed by atoms with E-state index in [1.165, 1.54) is 0 Å². The van der Waals surface area contributed by atoms with E-state index >= 15 is 0 Å². The van der Waals surface area contributed by atoms with Crippen LogP contribution in [0.2, 0.25) is 0 Å². The van der Waals surface area contributed by atoms with Gasteiger partial charge >= 0.3 is 5.97 Å². The Balaban J connectivity index is 2.13. The van der Waals surface area contributed by atoms with Gasteiger partial charge in [0, 0.05) is 13.0 Å². The maximum Gasteiger partial charge on any atom is 0.308 e. The van der Waals surface area contributed by atoms with E-state index in [1.54, 1.807) is 0 Å². The molecule has 1 aliphatic heterocycles. The van der Waals surface area contributed by atoms with Gasteiger partial charge in [-0.1, -0.05) is 6.92 Å². The van der Waals surface area contributed by atoms with Gasteiger partial charge in [-0.15, -0.1) is 0 Å². The molecular formula is C12H22N2O3. The van der Waals surface area contributed by atoms with Crippen molar-refractivity contribution in [2.45, 2.75) is 32.6 Å². The zero-order valence-corrected chi connectivity index (χ0v) is 10.4. The fourth-order valence-electron chi connectivity index (χ4n) is 2.03. The SMILES string of the molecule is CCC(CNC(=O)CCC1CCNC1)C(=O)O. The fourth-order valence-corrected chi connectivity index (χ4v) is 2.03. The highest BCUT2D eigenvalue weighted by molar-refractivity contribution is 5.77. The van der Waals surface area contributed by atoms with E-state index < -0.39 is 11.9 Å². The van der Waals surface area contributed by atoms with E-state index in [2.05, 4.69) is 10.6 Å². The maximum atomic E-state index is 11.5. The number of carboxylic acids is 1. The van der Waals surface area contributed by atoms with Crippen molar-refractivity contribution >= 4 is 11.9 Å². The van der Waals surface area contributed by atoms with Crippen LogP contribution in [-0.2, 0) is 9.59 Å². The van der Waals surface area contributed by atoms with Gasteiger partial charge in [-0.05, 0) is 38.3 Å². The van der Waals surface area contributed by atoms with E-state index in [9.17, 15) is 9.59 Å². The summed E-state index contributed by atoms with van der Waals surface area (Å²) in [5.74, 6) is -0.737. The number of hydrogen-bond acceptors (Lipinski definition) is 3. The molecule has 5 heteroatoms. The van der Waals surface area contributed by atoms with Gasteiger partial charge in [0.2, 0.25) is 5.91 Å². The quantitative estimate of drug-likeness (QED) is 0.611. The summed E-state index contributed by atoms with van der Waals surface area (Å²) >= 11 is 0. The molecule has 1 rings (SSSR count). The lowest BCUT2D eigenvalue weighted by molar-refractivity contribution is -0.141. The molecule has 1 fully saturated rings. The number of rotatable bonds is 7. The predicted molar refractivity (Wildman–Crippen MR) is 64.6 cm³/mol. The van der Waals surface area contributed by atoms with Crippen molar-refractivity contribution in [3.05, 3.63) is 0 Å². The summed E-state index contributed by atoms with van der Waals surface area (Å²) in [5.41, 5.74) is 0. The van der Waals surface area contributed by atoms with Crippen molar-refractivity contribution in [3.63, 3.8) is 0 Å². The number of carbonyl (C=O) groups excluding carboxylic acids is 1. The first-order chi connectivity index (χ1) is 8.13. The van der Waals surface area contributed by atoms with E-state index in [0.717, 1.165) is 25.9 Å². The first kappa shape index (κ1) is 14.0. The van der Waals surface area contributed by atoms with Crippen molar-refractivity contribution in [3.8, 4) is 0 Å². The minimum atomic E-state index is -0.840. The molecule has 2 atom stereocenters. The van der Waals surface area contributed by atoms with Crippen molar-refractivity contribution in [2.24, 2.45) is 11.8 Å². The van der Waals surface area contributed by atoms with Gasteiger partial charge in [-0.3, -0.25) is 9.59 Å². The van der Waals surface area contributed by atoms with Crippen LogP contribution in [0.15, 0.2) is 0 Å². The molecule has 3 N–H and O–H groups in total. The summed E-state index contributed by atoms with van der Waals surface area (Å²) < 4.78 is 0. The summed E-state index contributed by atoms with van der Waals surface area (Å²) in [6, 6.07) is 0. The molecule has 0 aromatic heterocycles. The number of nitrogens with one attached hydrogen (secondary N) is 2. The normalized spacial score (nSPS) is 21.1. The summed E-state index contributed by atoms with van der Waals surface area (Å²) in [7, 11) is 0. The van der Waals surface area contributed by atoms with Gasteiger partial charge < -0.3 is 15.7 Å². The van der Waals surface area contributed by atoms with Gasteiger partial charge in [-0.25, -0.2) is 0 Å². The smallest absolute Gasteiger partial charge is 0.308 e. The highest BCUT2D eigenvalue weighted by atomic mass is 16.4. The molecule has 98 valence electrons. The van der Waals surface area contributed by atoms with Gasteiger partial charge in [0.25, 0.3) is 0 Å². The molecule has 0 aromatic carbocycles. The third kappa shape index (κ3) is 5.17. The summed E-state index contributed by atoms with van der Waals surface area (Å²) in [5, 5.41) is 14.8. The summed E-state index contributed by atoms with van der Waals surface area (Å²) in [6.07, 6.45) is 3.08. The number of carboxylic acid groups (broad SMARTS) is 1. The lowest BCUT2D eigenvalue weighted by atomic mass is 10.0. The number of hydrogen-bond donors (Lipinski definition) is 3. The molecule has 0 radical (unpaired) electrons. The Labute approximate surface area is 102 Å². The molecule has 2 unspecified atom stereocenters. The Morgan fingerprint density at radius 3 is 2.82 bits per heavy atom. The van der Waals surface area contributed by atoms with Gasteiger partial charge in [0.15, 0.2) is 0 Å². The summed E-state index contributed by atoms with van der Waals surface area (Å²) in [4.78, 5) is 22.3. The first-order valence-electron chi connectivity index (χ1n) is 6.33.